The van der Waals surface area contributed by atoms with Crippen molar-refractivity contribution in [3.8, 4) is 0 Å². The number of fused-ring (bicyclic) bond motifs is 1. The average Bonchev–Trinajstić information content (AvgIpc) is 2.68. The largest absolute Gasteiger partial charge is 0.315 e. The van der Waals surface area contributed by atoms with E-state index in [0.29, 0.717) is 0 Å². The zero-order chi connectivity index (χ0) is 11.8. The highest BCUT2D eigenvalue weighted by molar-refractivity contribution is 6.16. The molecule has 0 saturated carbocycles. The van der Waals surface area contributed by atoms with Gasteiger partial charge in [-0.2, -0.15) is 5.10 Å². The number of carbonyl (C=O) groups excluding carboxylic acids is 1. The number of hydrogen-bond donors (Lipinski definition) is 1. The van der Waals surface area contributed by atoms with Crippen LogP contribution in [0.1, 0.15) is 12.0 Å². The molecule has 3 rings (SSSR count). The lowest BCUT2D eigenvalue weighted by Gasteiger charge is -2.18. The van der Waals surface area contributed by atoms with Crippen LogP contribution in [0.15, 0.2) is 29.4 Å². The molecule has 0 bridgehead atoms. The highest BCUT2D eigenvalue weighted by atomic mass is 16.2. The molecule has 1 N–H and O–H groups in total. The fourth-order valence-corrected chi connectivity index (χ4v) is 2.37. The van der Waals surface area contributed by atoms with Crippen LogP contribution in [-0.2, 0) is 4.79 Å². The smallest absolute Gasteiger partial charge is 0.257 e. The number of hydrazone groups is 1. The molecular formula is C13H15N3O. The summed E-state index contributed by atoms with van der Waals surface area (Å²) in [6.45, 7) is 3.66. The van der Waals surface area contributed by atoms with Gasteiger partial charge in [0.1, 0.15) is 0 Å². The van der Waals surface area contributed by atoms with E-state index in [9.17, 15) is 4.79 Å². The molecule has 1 fully saturated rings. The molecule has 17 heavy (non-hydrogen) atoms. The van der Waals surface area contributed by atoms with Crippen molar-refractivity contribution in [3.05, 3.63) is 29.8 Å². The van der Waals surface area contributed by atoms with Crippen LogP contribution in [0.5, 0.6) is 0 Å². The zero-order valence-corrected chi connectivity index (χ0v) is 9.81. The first-order valence-electron chi connectivity index (χ1n) is 5.94. The van der Waals surface area contributed by atoms with E-state index in [1.54, 1.807) is 5.01 Å². The van der Waals surface area contributed by atoms with E-state index in [-0.39, 0.29) is 11.8 Å². The Morgan fingerprint density at radius 3 is 3.12 bits per heavy atom. The summed E-state index contributed by atoms with van der Waals surface area (Å²) < 4.78 is 0. The van der Waals surface area contributed by atoms with Gasteiger partial charge in [0.2, 0.25) is 0 Å². The van der Waals surface area contributed by atoms with Crippen molar-refractivity contribution in [1.29, 1.82) is 0 Å². The van der Waals surface area contributed by atoms with E-state index >= 15 is 0 Å². The van der Waals surface area contributed by atoms with Crippen LogP contribution in [-0.4, -0.2) is 24.7 Å². The quantitative estimate of drug-likeness (QED) is 0.789. The van der Waals surface area contributed by atoms with Crippen molar-refractivity contribution in [2.75, 3.05) is 18.1 Å². The maximum absolute atomic E-state index is 12.2. The van der Waals surface area contributed by atoms with Crippen molar-refractivity contribution < 1.29 is 4.79 Å². The Hall–Kier alpha value is -1.68. The maximum Gasteiger partial charge on any atom is 0.257 e. The molecule has 0 aliphatic carbocycles. The standard InChI is InChI=1S/C13H15N3O/c1-9-3-2-4-10(7-9)16-13(17)11-8-14-6-5-12(11)15-16/h2-4,7,11,14H,5-6,8H2,1H3. The second-order valence-corrected chi connectivity index (χ2v) is 4.59. The van der Waals surface area contributed by atoms with Crippen LogP contribution in [0.25, 0.3) is 0 Å². The highest BCUT2D eigenvalue weighted by Gasteiger charge is 2.37. The number of hydrogen-bond acceptors (Lipinski definition) is 3. The normalized spacial score (nSPS) is 23.6. The minimum atomic E-state index is -0.0516. The van der Waals surface area contributed by atoms with Crippen molar-refractivity contribution in [2.24, 2.45) is 11.0 Å². The Bertz CT molecular complexity index is 495. The molecule has 4 heteroatoms. The van der Waals surface area contributed by atoms with Crippen molar-refractivity contribution in [1.82, 2.24) is 5.32 Å². The van der Waals surface area contributed by atoms with Crippen molar-refractivity contribution >= 4 is 17.3 Å². The number of anilines is 1. The van der Waals surface area contributed by atoms with E-state index in [1.807, 2.05) is 31.2 Å². The molecule has 1 unspecified atom stereocenters. The topological polar surface area (TPSA) is 44.7 Å². The van der Waals surface area contributed by atoms with E-state index in [2.05, 4.69) is 10.4 Å². The molecule has 2 aliphatic rings. The first-order chi connectivity index (χ1) is 8.25. The third-order valence-corrected chi connectivity index (χ3v) is 3.29. The zero-order valence-electron chi connectivity index (χ0n) is 9.81. The summed E-state index contributed by atoms with van der Waals surface area (Å²) in [4.78, 5) is 12.2. The summed E-state index contributed by atoms with van der Waals surface area (Å²) in [6.07, 6.45) is 0.874. The molecule has 1 aromatic carbocycles. The Morgan fingerprint density at radius 2 is 2.35 bits per heavy atom. The second-order valence-electron chi connectivity index (χ2n) is 4.59. The van der Waals surface area contributed by atoms with Crippen molar-refractivity contribution in [2.45, 2.75) is 13.3 Å². The molecule has 0 radical (unpaired) electrons. The van der Waals surface area contributed by atoms with Gasteiger partial charge in [-0.05, 0) is 24.6 Å². The predicted molar refractivity (Wildman–Crippen MR) is 67.1 cm³/mol. The fraction of sp³-hybridized carbons (Fsp3) is 0.385. The lowest BCUT2D eigenvalue weighted by Crippen LogP contribution is -2.40. The molecule has 1 aromatic rings. The minimum absolute atomic E-state index is 0.0516. The lowest BCUT2D eigenvalue weighted by molar-refractivity contribution is -0.119. The van der Waals surface area contributed by atoms with Gasteiger partial charge in [0, 0.05) is 19.5 Å². The van der Waals surface area contributed by atoms with E-state index in [4.69, 9.17) is 0 Å². The highest BCUT2D eigenvalue weighted by Crippen LogP contribution is 2.26. The van der Waals surface area contributed by atoms with E-state index < -0.39 is 0 Å². The summed E-state index contributed by atoms with van der Waals surface area (Å²) in [5, 5.41) is 9.26. The second kappa shape index (κ2) is 3.96. The van der Waals surface area contributed by atoms with Crippen LogP contribution < -0.4 is 10.3 Å². The number of benzene rings is 1. The third kappa shape index (κ3) is 1.74. The molecule has 0 aromatic heterocycles. The number of piperidine rings is 1. The average molecular weight is 229 g/mol. The minimum Gasteiger partial charge on any atom is -0.315 e. The number of nitrogens with zero attached hydrogens (tertiary/aromatic N) is 2. The molecule has 1 saturated heterocycles. The molecule has 2 heterocycles. The molecule has 1 atom stereocenters. The number of rotatable bonds is 1. The van der Waals surface area contributed by atoms with Gasteiger partial charge in [-0.1, -0.05) is 12.1 Å². The molecule has 2 aliphatic heterocycles. The van der Waals surface area contributed by atoms with Crippen molar-refractivity contribution in [3.63, 3.8) is 0 Å². The van der Waals surface area contributed by atoms with Crippen LogP contribution in [0.3, 0.4) is 0 Å². The number of carbonyl (C=O) groups is 1. The SMILES string of the molecule is Cc1cccc(N2N=C3CCNCC3C2=O)c1. The van der Waals surface area contributed by atoms with Gasteiger partial charge in [-0.15, -0.1) is 0 Å². The van der Waals surface area contributed by atoms with Gasteiger partial charge in [-0.3, -0.25) is 4.79 Å². The Balaban J connectivity index is 1.94. The van der Waals surface area contributed by atoms with E-state index in [0.717, 1.165) is 36.5 Å². The van der Waals surface area contributed by atoms with Gasteiger partial charge < -0.3 is 5.32 Å². The van der Waals surface area contributed by atoms with Gasteiger partial charge in [0.15, 0.2) is 0 Å². The Kier molecular flexibility index (Phi) is 2.44. The lowest BCUT2D eigenvalue weighted by atomic mass is 9.97. The summed E-state index contributed by atoms with van der Waals surface area (Å²) in [7, 11) is 0. The van der Waals surface area contributed by atoms with Gasteiger partial charge >= 0.3 is 0 Å². The predicted octanol–water partition coefficient (Wildman–Crippen LogP) is 1.31. The summed E-state index contributed by atoms with van der Waals surface area (Å²) in [5.41, 5.74) is 3.04. The van der Waals surface area contributed by atoms with Crippen LogP contribution in [0.2, 0.25) is 0 Å². The Morgan fingerprint density at radius 1 is 1.47 bits per heavy atom. The number of amides is 1. The third-order valence-electron chi connectivity index (χ3n) is 3.29. The fourth-order valence-electron chi connectivity index (χ4n) is 2.37. The Labute approximate surface area is 100 Å². The molecule has 0 spiro atoms. The van der Waals surface area contributed by atoms with Gasteiger partial charge in [0.05, 0.1) is 17.3 Å². The summed E-state index contributed by atoms with van der Waals surface area (Å²) in [5.74, 6) is 0.0436. The van der Waals surface area contributed by atoms with Crippen LogP contribution in [0.4, 0.5) is 5.69 Å². The first-order valence-corrected chi connectivity index (χ1v) is 5.94. The van der Waals surface area contributed by atoms with Crippen LogP contribution in [0, 0.1) is 12.8 Å². The molecular weight excluding hydrogens is 214 g/mol. The summed E-state index contributed by atoms with van der Waals surface area (Å²) in [6, 6.07) is 7.90. The molecule has 1 amide bonds. The molecule has 88 valence electrons. The van der Waals surface area contributed by atoms with Crippen LogP contribution >= 0.6 is 0 Å². The first kappa shape index (κ1) is 10.5. The van der Waals surface area contributed by atoms with Gasteiger partial charge in [0.25, 0.3) is 5.91 Å². The maximum atomic E-state index is 12.2. The molecule has 4 nitrogen and oxygen atoms in total. The van der Waals surface area contributed by atoms with Gasteiger partial charge in [-0.25, -0.2) is 5.01 Å². The number of nitrogens with one attached hydrogen (secondary N) is 1. The summed E-state index contributed by atoms with van der Waals surface area (Å²) >= 11 is 0. The van der Waals surface area contributed by atoms with E-state index in [1.165, 1.54) is 0 Å². The number of aryl methyl sites for hydroxylation is 1. The monoisotopic (exact) mass is 229 g/mol.